The van der Waals surface area contributed by atoms with Crippen LogP contribution in [-0.4, -0.2) is 12.1 Å². The van der Waals surface area contributed by atoms with Crippen molar-refractivity contribution in [3.63, 3.8) is 0 Å². The van der Waals surface area contributed by atoms with Crippen LogP contribution < -0.4 is 5.32 Å². The first-order chi connectivity index (χ1) is 9.31. The van der Waals surface area contributed by atoms with E-state index in [2.05, 4.69) is 35.4 Å². The summed E-state index contributed by atoms with van der Waals surface area (Å²) in [6.45, 7) is 3.59. The predicted molar refractivity (Wildman–Crippen MR) is 76.6 cm³/mol. The lowest BCUT2D eigenvalue weighted by atomic mass is 10.1. The van der Waals surface area contributed by atoms with E-state index in [1.165, 1.54) is 11.1 Å². The molecular formula is C16H20N2O. The Labute approximate surface area is 114 Å². The minimum atomic E-state index is 0.233. The molecule has 0 spiro atoms. The largest absolute Gasteiger partial charge is 0.380 e. The van der Waals surface area contributed by atoms with E-state index >= 15 is 0 Å². The van der Waals surface area contributed by atoms with E-state index in [0.717, 1.165) is 12.2 Å². The zero-order chi connectivity index (χ0) is 13.5. The normalized spacial score (nSPS) is 12.3. The van der Waals surface area contributed by atoms with E-state index in [4.69, 9.17) is 4.74 Å². The van der Waals surface area contributed by atoms with Gasteiger partial charge in [-0.15, -0.1) is 0 Å². The molecule has 0 aliphatic carbocycles. The summed E-state index contributed by atoms with van der Waals surface area (Å²) in [7, 11) is 1.72. The van der Waals surface area contributed by atoms with Crippen LogP contribution in [0.5, 0.6) is 0 Å². The minimum Gasteiger partial charge on any atom is -0.380 e. The summed E-state index contributed by atoms with van der Waals surface area (Å²) in [6.07, 6.45) is 1.83. The zero-order valence-corrected chi connectivity index (χ0v) is 11.5. The highest BCUT2D eigenvalue weighted by Crippen LogP contribution is 2.13. The lowest BCUT2D eigenvalue weighted by Gasteiger charge is -2.15. The highest BCUT2D eigenvalue weighted by Gasteiger charge is 2.07. The number of ether oxygens (including phenoxy) is 1. The van der Waals surface area contributed by atoms with Crippen molar-refractivity contribution in [3.05, 3.63) is 65.5 Å². The fourth-order valence-corrected chi connectivity index (χ4v) is 2.03. The molecule has 0 aliphatic rings. The Bertz CT molecular complexity index is 499. The number of nitrogens with one attached hydrogen (secondary N) is 1. The Hall–Kier alpha value is -1.71. The standard InChI is InChI=1S/C16H20N2O/c1-13(16-9-5-6-10-17-16)18-11-14-7-3-4-8-15(14)12-19-2/h3-10,13,18H,11-12H2,1-2H3. The van der Waals surface area contributed by atoms with Crippen LogP contribution in [0.4, 0.5) is 0 Å². The number of benzene rings is 1. The van der Waals surface area contributed by atoms with Gasteiger partial charge in [0, 0.05) is 25.9 Å². The molecule has 3 heteroatoms. The van der Waals surface area contributed by atoms with Gasteiger partial charge in [0.15, 0.2) is 0 Å². The summed E-state index contributed by atoms with van der Waals surface area (Å²) >= 11 is 0. The molecule has 1 atom stereocenters. The Morgan fingerprint density at radius 2 is 1.84 bits per heavy atom. The van der Waals surface area contributed by atoms with Crippen LogP contribution in [0.1, 0.15) is 29.8 Å². The van der Waals surface area contributed by atoms with E-state index in [0.29, 0.717) is 6.61 Å². The Kier molecular flexibility index (Phi) is 5.07. The average molecular weight is 256 g/mol. The number of rotatable bonds is 6. The van der Waals surface area contributed by atoms with Gasteiger partial charge >= 0.3 is 0 Å². The molecule has 0 radical (unpaired) electrons. The van der Waals surface area contributed by atoms with Gasteiger partial charge in [-0.1, -0.05) is 30.3 Å². The van der Waals surface area contributed by atoms with Crippen LogP contribution in [0, 0.1) is 0 Å². The van der Waals surface area contributed by atoms with Crippen LogP contribution in [0.25, 0.3) is 0 Å². The van der Waals surface area contributed by atoms with Crippen molar-refractivity contribution in [1.82, 2.24) is 10.3 Å². The molecule has 2 aromatic rings. The Morgan fingerprint density at radius 3 is 2.53 bits per heavy atom. The first-order valence-corrected chi connectivity index (χ1v) is 6.51. The predicted octanol–water partition coefficient (Wildman–Crippen LogP) is 3.08. The van der Waals surface area contributed by atoms with Crippen LogP contribution in [0.2, 0.25) is 0 Å². The maximum Gasteiger partial charge on any atom is 0.0716 e. The van der Waals surface area contributed by atoms with Crippen LogP contribution in [0.15, 0.2) is 48.7 Å². The summed E-state index contributed by atoms with van der Waals surface area (Å²) in [4.78, 5) is 4.36. The van der Waals surface area contributed by atoms with Crippen molar-refractivity contribution >= 4 is 0 Å². The molecule has 0 fully saturated rings. The van der Waals surface area contributed by atoms with Crippen LogP contribution >= 0.6 is 0 Å². The van der Waals surface area contributed by atoms with Gasteiger partial charge in [-0.05, 0) is 30.2 Å². The lowest BCUT2D eigenvalue weighted by Crippen LogP contribution is -2.19. The molecule has 1 aromatic carbocycles. The summed E-state index contributed by atoms with van der Waals surface area (Å²) < 4.78 is 5.22. The summed E-state index contributed by atoms with van der Waals surface area (Å²) in [5, 5.41) is 3.50. The molecule has 0 amide bonds. The zero-order valence-electron chi connectivity index (χ0n) is 11.5. The molecule has 0 saturated carbocycles. The second kappa shape index (κ2) is 7.02. The maximum atomic E-state index is 5.22. The third-order valence-electron chi connectivity index (χ3n) is 3.15. The lowest BCUT2D eigenvalue weighted by molar-refractivity contribution is 0.184. The van der Waals surface area contributed by atoms with Gasteiger partial charge in [0.2, 0.25) is 0 Å². The number of hydrogen-bond acceptors (Lipinski definition) is 3. The highest BCUT2D eigenvalue weighted by atomic mass is 16.5. The van der Waals surface area contributed by atoms with Crippen LogP contribution in [0.3, 0.4) is 0 Å². The van der Waals surface area contributed by atoms with Crippen molar-refractivity contribution < 1.29 is 4.74 Å². The van der Waals surface area contributed by atoms with Crippen molar-refractivity contribution in [2.75, 3.05) is 7.11 Å². The molecule has 0 bridgehead atoms. The molecule has 0 saturated heterocycles. The second-order valence-electron chi connectivity index (χ2n) is 4.56. The first kappa shape index (κ1) is 13.7. The average Bonchev–Trinajstić information content (AvgIpc) is 2.47. The molecule has 19 heavy (non-hydrogen) atoms. The van der Waals surface area contributed by atoms with Gasteiger partial charge in [0.1, 0.15) is 0 Å². The maximum absolute atomic E-state index is 5.22. The smallest absolute Gasteiger partial charge is 0.0716 e. The summed E-state index contributed by atoms with van der Waals surface area (Å²) in [5.41, 5.74) is 3.56. The van der Waals surface area contributed by atoms with Gasteiger partial charge < -0.3 is 10.1 Å². The van der Waals surface area contributed by atoms with Crippen LogP contribution in [-0.2, 0) is 17.9 Å². The monoisotopic (exact) mass is 256 g/mol. The van der Waals surface area contributed by atoms with E-state index in [9.17, 15) is 0 Å². The molecular weight excluding hydrogens is 236 g/mol. The minimum absolute atomic E-state index is 0.233. The van der Waals surface area contributed by atoms with Gasteiger partial charge in [-0.25, -0.2) is 0 Å². The van der Waals surface area contributed by atoms with E-state index < -0.39 is 0 Å². The molecule has 1 unspecified atom stereocenters. The Morgan fingerprint density at radius 1 is 1.11 bits per heavy atom. The quantitative estimate of drug-likeness (QED) is 0.862. The SMILES string of the molecule is COCc1ccccc1CNC(C)c1ccccn1. The van der Waals surface area contributed by atoms with Crippen molar-refractivity contribution in [1.29, 1.82) is 0 Å². The Balaban J connectivity index is 1.99. The summed E-state index contributed by atoms with van der Waals surface area (Å²) in [5.74, 6) is 0. The molecule has 100 valence electrons. The summed E-state index contributed by atoms with van der Waals surface area (Å²) in [6, 6.07) is 14.6. The van der Waals surface area contributed by atoms with E-state index in [1.807, 2.05) is 30.5 Å². The number of hydrogen-bond donors (Lipinski definition) is 1. The first-order valence-electron chi connectivity index (χ1n) is 6.51. The number of aromatic nitrogens is 1. The van der Waals surface area contributed by atoms with E-state index in [-0.39, 0.29) is 6.04 Å². The van der Waals surface area contributed by atoms with Gasteiger partial charge in [-0.3, -0.25) is 4.98 Å². The number of nitrogens with zero attached hydrogens (tertiary/aromatic N) is 1. The molecule has 1 aromatic heterocycles. The number of methoxy groups -OCH3 is 1. The van der Waals surface area contributed by atoms with Crippen molar-refractivity contribution in [3.8, 4) is 0 Å². The van der Waals surface area contributed by atoms with Crippen molar-refractivity contribution in [2.45, 2.75) is 26.1 Å². The third kappa shape index (κ3) is 3.88. The molecule has 1 heterocycles. The topological polar surface area (TPSA) is 34.1 Å². The third-order valence-corrected chi connectivity index (χ3v) is 3.15. The molecule has 1 N–H and O–H groups in total. The van der Waals surface area contributed by atoms with E-state index in [1.54, 1.807) is 7.11 Å². The fraction of sp³-hybridized carbons (Fsp3) is 0.312. The molecule has 3 nitrogen and oxygen atoms in total. The van der Waals surface area contributed by atoms with Gasteiger partial charge in [0.25, 0.3) is 0 Å². The highest BCUT2D eigenvalue weighted by molar-refractivity contribution is 5.26. The fourth-order valence-electron chi connectivity index (χ4n) is 2.03. The molecule has 0 aliphatic heterocycles. The second-order valence-corrected chi connectivity index (χ2v) is 4.56. The number of pyridine rings is 1. The van der Waals surface area contributed by atoms with Gasteiger partial charge in [-0.2, -0.15) is 0 Å². The molecule has 2 rings (SSSR count). The van der Waals surface area contributed by atoms with Crippen molar-refractivity contribution in [2.24, 2.45) is 0 Å². The van der Waals surface area contributed by atoms with Gasteiger partial charge in [0.05, 0.1) is 12.3 Å².